The molecule has 1 N–H and O–H groups in total. The predicted octanol–water partition coefficient (Wildman–Crippen LogP) is 2.86. The summed E-state index contributed by atoms with van der Waals surface area (Å²) in [6.45, 7) is 4.94. The van der Waals surface area contributed by atoms with Crippen molar-refractivity contribution in [1.29, 1.82) is 0 Å². The van der Waals surface area contributed by atoms with Crippen LogP contribution in [0.2, 0.25) is 0 Å². The van der Waals surface area contributed by atoms with E-state index in [-0.39, 0.29) is 5.41 Å². The van der Waals surface area contributed by atoms with Gasteiger partial charge in [0.2, 0.25) is 0 Å². The van der Waals surface area contributed by atoms with Gasteiger partial charge in [-0.3, -0.25) is 0 Å². The third-order valence-electron chi connectivity index (χ3n) is 4.16. The Morgan fingerprint density at radius 2 is 2.00 bits per heavy atom. The van der Waals surface area contributed by atoms with E-state index in [2.05, 4.69) is 25.1 Å². The minimum Gasteiger partial charge on any atom is -0.396 e. The van der Waals surface area contributed by atoms with E-state index in [0.29, 0.717) is 6.61 Å². The van der Waals surface area contributed by atoms with Crippen molar-refractivity contribution >= 4 is 11.8 Å². The lowest BCUT2D eigenvalue weighted by Crippen LogP contribution is -2.41. The maximum Gasteiger partial charge on any atom is 0.0499 e. The zero-order chi connectivity index (χ0) is 12.7. The smallest absolute Gasteiger partial charge is 0.0499 e. The Morgan fingerprint density at radius 3 is 2.53 bits per heavy atom. The fourth-order valence-electron chi connectivity index (χ4n) is 2.87. The molecule has 1 aliphatic carbocycles. The number of hydrogen-bond donors (Lipinski definition) is 1. The molecule has 0 amide bonds. The molecule has 0 radical (unpaired) electrons. The van der Waals surface area contributed by atoms with Crippen molar-refractivity contribution in [3.8, 4) is 0 Å². The summed E-state index contributed by atoms with van der Waals surface area (Å²) in [5, 5.41) is 9.72. The number of nitrogens with zero attached hydrogens (tertiary/aromatic N) is 1. The third-order valence-corrected chi connectivity index (χ3v) is 4.86. The van der Waals surface area contributed by atoms with Crippen LogP contribution in [0.3, 0.4) is 0 Å². The van der Waals surface area contributed by atoms with Crippen LogP contribution in [-0.4, -0.2) is 48.8 Å². The highest BCUT2D eigenvalue weighted by Crippen LogP contribution is 2.38. The summed E-state index contributed by atoms with van der Waals surface area (Å²) in [5.41, 5.74) is 0.195. The Balaban J connectivity index is 2.34. The Hall–Kier alpha value is 0.270. The van der Waals surface area contributed by atoms with E-state index in [1.807, 2.05) is 11.8 Å². The number of aliphatic hydroxyl groups is 1. The van der Waals surface area contributed by atoms with Crippen molar-refractivity contribution in [2.45, 2.75) is 39.0 Å². The molecule has 17 heavy (non-hydrogen) atoms. The van der Waals surface area contributed by atoms with E-state index in [9.17, 15) is 5.11 Å². The Morgan fingerprint density at radius 1 is 1.35 bits per heavy atom. The molecule has 0 saturated heterocycles. The van der Waals surface area contributed by atoms with E-state index in [0.717, 1.165) is 19.0 Å². The van der Waals surface area contributed by atoms with Crippen molar-refractivity contribution in [3.63, 3.8) is 0 Å². The van der Waals surface area contributed by atoms with Crippen LogP contribution in [0, 0.1) is 11.3 Å². The minimum atomic E-state index is 0.195. The van der Waals surface area contributed by atoms with Gasteiger partial charge in [-0.05, 0) is 50.8 Å². The van der Waals surface area contributed by atoms with Crippen LogP contribution in [0.4, 0.5) is 0 Å². The summed E-state index contributed by atoms with van der Waals surface area (Å²) in [5.74, 6) is 2.10. The molecular weight excluding hydrogens is 230 g/mol. The first-order chi connectivity index (χ1) is 8.12. The van der Waals surface area contributed by atoms with Crippen LogP contribution in [0.15, 0.2) is 0 Å². The van der Waals surface area contributed by atoms with Crippen LogP contribution < -0.4 is 0 Å². The molecule has 0 spiro atoms. The van der Waals surface area contributed by atoms with Crippen LogP contribution in [0.5, 0.6) is 0 Å². The van der Waals surface area contributed by atoms with E-state index in [1.54, 1.807) is 0 Å². The average Bonchev–Trinajstić information content (AvgIpc) is 2.33. The maximum absolute atomic E-state index is 9.72. The van der Waals surface area contributed by atoms with Gasteiger partial charge >= 0.3 is 0 Å². The second kappa shape index (κ2) is 7.65. The summed E-state index contributed by atoms with van der Waals surface area (Å²) in [6.07, 6.45) is 8.42. The van der Waals surface area contributed by atoms with Gasteiger partial charge in [-0.25, -0.2) is 0 Å². The molecular formula is C14H29NOS. The molecule has 0 aromatic carbocycles. The van der Waals surface area contributed by atoms with Gasteiger partial charge in [-0.2, -0.15) is 11.8 Å². The highest BCUT2D eigenvalue weighted by molar-refractivity contribution is 7.98. The Bertz CT molecular complexity index is 202. The lowest BCUT2D eigenvalue weighted by atomic mass is 9.71. The highest BCUT2D eigenvalue weighted by Gasteiger charge is 2.34. The number of aliphatic hydroxyl groups excluding tert-OH is 1. The number of thioether (sulfide) groups is 1. The van der Waals surface area contributed by atoms with Crippen molar-refractivity contribution in [3.05, 3.63) is 0 Å². The van der Waals surface area contributed by atoms with Gasteiger partial charge in [0.15, 0.2) is 0 Å². The van der Waals surface area contributed by atoms with Crippen molar-refractivity contribution in [2.75, 3.05) is 38.8 Å². The fourth-order valence-corrected chi connectivity index (χ4v) is 3.29. The van der Waals surface area contributed by atoms with Gasteiger partial charge in [0.05, 0.1) is 0 Å². The minimum absolute atomic E-state index is 0.195. The molecule has 102 valence electrons. The second-order valence-electron chi connectivity index (χ2n) is 5.92. The van der Waals surface area contributed by atoms with Crippen molar-refractivity contribution in [1.82, 2.24) is 4.90 Å². The Labute approximate surface area is 111 Å². The SMILES string of the molecule is CSCCCN(C)CC1(CO)CCC(C)CC1. The molecule has 1 saturated carbocycles. The van der Waals surface area contributed by atoms with E-state index in [4.69, 9.17) is 0 Å². The van der Waals surface area contributed by atoms with E-state index in [1.165, 1.54) is 37.9 Å². The zero-order valence-corrected chi connectivity index (χ0v) is 12.6. The average molecular weight is 259 g/mol. The van der Waals surface area contributed by atoms with Gasteiger partial charge in [-0.1, -0.05) is 19.8 Å². The lowest BCUT2D eigenvalue weighted by molar-refractivity contribution is 0.0367. The normalized spacial score (nSPS) is 29.8. The predicted molar refractivity (Wildman–Crippen MR) is 77.6 cm³/mol. The summed E-state index contributed by atoms with van der Waals surface area (Å²) in [4.78, 5) is 2.42. The third kappa shape index (κ3) is 5.19. The molecule has 0 aromatic rings. The fraction of sp³-hybridized carbons (Fsp3) is 1.00. The first-order valence-corrected chi connectivity index (χ1v) is 8.29. The highest BCUT2D eigenvalue weighted by atomic mass is 32.2. The number of rotatable bonds is 7. The standard InChI is InChI=1S/C14H29NOS/c1-13-5-7-14(12-16,8-6-13)11-15(2)9-4-10-17-3/h13,16H,4-12H2,1-3H3. The van der Waals surface area contributed by atoms with Crippen molar-refractivity contribution in [2.24, 2.45) is 11.3 Å². The van der Waals surface area contributed by atoms with Crippen molar-refractivity contribution < 1.29 is 5.11 Å². The summed E-state index contributed by atoms with van der Waals surface area (Å²) in [6, 6.07) is 0. The molecule has 2 nitrogen and oxygen atoms in total. The van der Waals surface area contributed by atoms with Gasteiger partial charge < -0.3 is 10.0 Å². The summed E-state index contributed by atoms with van der Waals surface area (Å²) < 4.78 is 0. The maximum atomic E-state index is 9.72. The van der Waals surface area contributed by atoms with E-state index < -0.39 is 0 Å². The number of hydrogen-bond acceptors (Lipinski definition) is 3. The molecule has 3 heteroatoms. The second-order valence-corrected chi connectivity index (χ2v) is 6.91. The van der Waals surface area contributed by atoms with Gasteiger partial charge in [0.1, 0.15) is 0 Å². The first kappa shape index (κ1) is 15.3. The zero-order valence-electron chi connectivity index (χ0n) is 11.7. The monoisotopic (exact) mass is 259 g/mol. The summed E-state index contributed by atoms with van der Waals surface area (Å²) >= 11 is 1.92. The largest absolute Gasteiger partial charge is 0.396 e. The molecule has 0 aliphatic heterocycles. The molecule has 0 heterocycles. The summed E-state index contributed by atoms with van der Waals surface area (Å²) in [7, 11) is 2.20. The van der Waals surface area contributed by atoms with Crippen LogP contribution in [0.1, 0.15) is 39.0 Å². The Kier molecular flexibility index (Phi) is 6.90. The van der Waals surface area contributed by atoms with Crippen LogP contribution in [0.25, 0.3) is 0 Å². The molecule has 0 unspecified atom stereocenters. The topological polar surface area (TPSA) is 23.5 Å². The van der Waals surface area contributed by atoms with Crippen LogP contribution >= 0.6 is 11.8 Å². The van der Waals surface area contributed by atoms with Crippen LogP contribution in [-0.2, 0) is 0 Å². The van der Waals surface area contributed by atoms with Gasteiger partial charge in [-0.15, -0.1) is 0 Å². The molecule has 1 rings (SSSR count). The molecule has 1 fully saturated rings. The van der Waals surface area contributed by atoms with Gasteiger partial charge in [0.25, 0.3) is 0 Å². The first-order valence-electron chi connectivity index (χ1n) is 6.90. The van der Waals surface area contributed by atoms with Gasteiger partial charge in [0, 0.05) is 18.6 Å². The molecule has 0 atom stereocenters. The molecule has 1 aliphatic rings. The molecule has 0 aromatic heterocycles. The quantitative estimate of drug-likeness (QED) is 0.711. The molecule has 0 bridgehead atoms. The van der Waals surface area contributed by atoms with E-state index >= 15 is 0 Å². The lowest BCUT2D eigenvalue weighted by Gasteiger charge is -2.40.